The maximum absolute atomic E-state index is 12.2. The molecule has 0 bridgehead atoms. The molecule has 92 valence electrons. The molecule has 17 heavy (non-hydrogen) atoms. The van der Waals surface area contributed by atoms with Crippen molar-refractivity contribution in [3.63, 3.8) is 0 Å². The van der Waals surface area contributed by atoms with Crippen LogP contribution in [0.3, 0.4) is 0 Å². The van der Waals surface area contributed by atoms with Gasteiger partial charge in [-0.3, -0.25) is 4.79 Å². The Labute approximate surface area is 107 Å². The van der Waals surface area contributed by atoms with Crippen LogP contribution in [0.15, 0.2) is 24.3 Å². The first-order chi connectivity index (χ1) is 8.08. The smallest absolute Gasteiger partial charge is 0.228 e. The average Bonchev–Trinajstić information content (AvgIpc) is 3.04. The molecule has 0 aliphatic heterocycles. The minimum absolute atomic E-state index is 0.0760. The molecule has 0 spiro atoms. The molecule has 1 unspecified atom stereocenters. The first-order valence-corrected chi connectivity index (χ1v) is 6.51. The number of hydrogen-bond donors (Lipinski definition) is 1. The van der Waals surface area contributed by atoms with Crippen molar-refractivity contribution in [1.82, 2.24) is 5.32 Å². The van der Waals surface area contributed by atoms with Gasteiger partial charge in [0.15, 0.2) is 0 Å². The zero-order valence-corrected chi connectivity index (χ0v) is 11.0. The lowest BCUT2D eigenvalue weighted by Gasteiger charge is -2.20. The fraction of sp³-hybridized carbons (Fsp3) is 0.500. The van der Waals surface area contributed by atoms with Crippen LogP contribution in [0.2, 0.25) is 5.02 Å². The van der Waals surface area contributed by atoms with Gasteiger partial charge in [0.2, 0.25) is 5.91 Å². The predicted molar refractivity (Wildman–Crippen MR) is 70.2 cm³/mol. The summed E-state index contributed by atoms with van der Waals surface area (Å²) in [4.78, 5) is 12.2. The van der Waals surface area contributed by atoms with Crippen LogP contribution in [-0.4, -0.2) is 11.9 Å². The second-order valence-electron chi connectivity index (χ2n) is 5.06. The Kier molecular flexibility index (Phi) is 3.72. The van der Waals surface area contributed by atoms with Crippen LogP contribution < -0.4 is 5.32 Å². The van der Waals surface area contributed by atoms with E-state index in [0.29, 0.717) is 11.1 Å². The number of rotatable bonds is 4. The summed E-state index contributed by atoms with van der Waals surface area (Å²) in [5.74, 6) is 0.354. The van der Waals surface area contributed by atoms with Crippen LogP contribution in [0.4, 0.5) is 0 Å². The average molecular weight is 252 g/mol. The molecule has 1 saturated carbocycles. The van der Waals surface area contributed by atoms with Crippen molar-refractivity contribution in [2.45, 2.75) is 38.6 Å². The lowest BCUT2D eigenvalue weighted by Crippen LogP contribution is -2.33. The van der Waals surface area contributed by atoms with E-state index < -0.39 is 0 Å². The topological polar surface area (TPSA) is 29.1 Å². The van der Waals surface area contributed by atoms with Crippen LogP contribution in [-0.2, 0) is 4.79 Å². The number of nitrogens with one attached hydrogen (secondary N) is 1. The highest BCUT2D eigenvalue weighted by atomic mass is 35.5. The number of halogens is 1. The van der Waals surface area contributed by atoms with Crippen molar-refractivity contribution >= 4 is 17.5 Å². The SMILES string of the molecule is CC(C)C(C(=O)NC1CC1)c1ccc(Cl)cc1. The van der Waals surface area contributed by atoms with E-state index in [4.69, 9.17) is 11.6 Å². The van der Waals surface area contributed by atoms with Gasteiger partial charge in [-0.2, -0.15) is 0 Å². The number of benzene rings is 1. The number of carbonyl (C=O) groups excluding carboxylic acids is 1. The minimum atomic E-state index is -0.0760. The van der Waals surface area contributed by atoms with Crippen LogP contribution >= 0.6 is 11.6 Å². The molecule has 0 radical (unpaired) electrons. The molecule has 1 N–H and O–H groups in total. The number of hydrogen-bond acceptors (Lipinski definition) is 1. The van der Waals surface area contributed by atoms with Gasteiger partial charge in [-0.25, -0.2) is 0 Å². The first kappa shape index (κ1) is 12.4. The summed E-state index contributed by atoms with van der Waals surface area (Å²) in [6.45, 7) is 4.15. The van der Waals surface area contributed by atoms with E-state index in [2.05, 4.69) is 19.2 Å². The normalized spacial score (nSPS) is 16.9. The molecule has 1 atom stereocenters. The summed E-state index contributed by atoms with van der Waals surface area (Å²) in [7, 11) is 0. The minimum Gasteiger partial charge on any atom is -0.353 e. The Balaban J connectivity index is 2.15. The van der Waals surface area contributed by atoms with Crippen molar-refractivity contribution in [3.8, 4) is 0 Å². The van der Waals surface area contributed by atoms with Crippen molar-refractivity contribution in [2.75, 3.05) is 0 Å². The van der Waals surface area contributed by atoms with Gasteiger partial charge in [0.1, 0.15) is 0 Å². The van der Waals surface area contributed by atoms with Gasteiger partial charge in [0, 0.05) is 11.1 Å². The second kappa shape index (κ2) is 5.09. The predicted octanol–water partition coefficient (Wildman–Crippen LogP) is 3.36. The van der Waals surface area contributed by atoms with Gasteiger partial charge in [-0.15, -0.1) is 0 Å². The van der Waals surface area contributed by atoms with Gasteiger partial charge in [-0.05, 0) is 36.5 Å². The first-order valence-electron chi connectivity index (χ1n) is 6.14. The van der Waals surface area contributed by atoms with Crippen molar-refractivity contribution in [3.05, 3.63) is 34.9 Å². The molecule has 1 fully saturated rings. The van der Waals surface area contributed by atoms with Crippen molar-refractivity contribution in [2.24, 2.45) is 5.92 Å². The summed E-state index contributed by atoms with van der Waals surface area (Å²) in [6.07, 6.45) is 2.24. The largest absolute Gasteiger partial charge is 0.353 e. The molecule has 1 aromatic carbocycles. The highest BCUT2D eigenvalue weighted by Crippen LogP contribution is 2.28. The molecule has 1 amide bonds. The molecule has 0 aromatic heterocycles. The second-order valence-corrected chi connectivity index (χ2v) is 5.49. The molecule has 1 aromatic rings. The Bertz CT molecular complexity index is 395. The fourth-order valence-corrected chi connectivity index (χ4v) is 2.15. The quantitative estimate of drug-likeness (QED) is 0.874. The summed E-state index contributed by atoms with van der Waals surface area (Å²) in [5.41, 5.74) is 1.04. The lowest BCUT2D eigenvalue weighted by molar-refractivity contribution is -0.123. The van der Waals surface area contributed by atoms with E-state index in [-0.39, 0.29) is 17.7 Å². The molecule has 0 saturated heterocycles. The Morgan fingerprint density at radius 2 is 1.88 bits per heavy atom. The zero-order valence-electron chi connectivity index (χ0n) is 10.2. The third-order valence-electron chi connectivity index (χ3n) is 3.10. The van der Waals surface area contributed by atoms with E-state index in [1.807, 2.05) is 24.3 Å². The Morgan fingerprint density at radius 3 is 2.35 bits per heavy atom. The zero-order chi connectivity index (χ0) is 12.4. The maximum Gasteiger partial charge on any atom is 0.228 e. The van der Waals surface area contributed by atoms with E-state index in [1.54, 1.807) is 0 Å². The van der Waals surface area contributed by atoms with Crippen molar-refractivity contribution < 1.29 is 4.79 Å². The van der Waals surface area contributed by atoms with Gasteiger partial charge in [-0.1, -0.05) is 37.6 Å². The monoisotopic (exact) mass is 251 g/mol. The summed E-state index contributed by atoms with van der Waals surface area (Å²) >= 11 is 5.87. The maximum atomic E-state index is 12.2. The van der Waals surface area contributed by atoms with Crippen LogP contribution in [0.25, 0.3) is 0 Å². The molecule has 2 nitrogen and oxygen atoms in total. The molecule has 1 aliphatic rings. The van der Waals surface area contributed by atoms with Gasteiger partial charge in [0.05, 0.1) is 5.92 Å². The molecule has 2 rings (SSSR count). The summed E-state index contributed by atoms with van der Waals surface area (Å²) in [6, 6.07) is 7.99. The molecular formula is C14H18ClNO. The van der Waals surface area contributed by atoms with Crippen LogP contribution in [0, 0.1) is 5.92 Å². The lowest BCUT2D eigenvalue weighted by atomic mass is 9.87. The highest BCUT2D eigenvalue weighted by molar-refractivity contribution is 6.30. The van der Waals surface area contributed by atoms with E-state index >= 15 is 0 Å². The third kappa shape index (κ3) is 3.22. The molecule has 1 aliphatic carbocycles. The standard InChI is InChI=1S/C14H18ClNO/c1-9(2)13(14(17)16-12-7-8-12)10-3-5-11(15)6-4-10/h3-6,9,12-13H,7-8H2,1-2H3,(H,16,17). The van der Waals surface area contributed by atoms with Crippen LogP contribution in [0.5, 0.6) is 0 Å². The number of amides is 1. The van der Waals surface area contributed by atoms with Gasteiger partial charge >= 0.3 is 0 Å². The van der Waals surface area contributed by atoms with Gasteiger partial charge < -0.3 is 5.32 Å². The highest BCUT2D eigenvalue weighted by Gasteiger charge is 2.29. The fourth-order valence-electron chi connectivity index (χ4n) is 2.03. The molecule has 3 heteroatoms. The van der Waals surface area contributed by atoms with E-state index in [9.17, 15) is 4.79 Å². The van der Waals surface area contributed by atoms with Gasteiger partial charge in [0.25, 0.3) is 0 Å². The van der Waals surface area contributed by atoms with Crippen molar-refractivity contribution in [1.29, 1.82) is 0 Å². The molecule has 0 heterocycles. The third-order valence-corrected chi connectivity index (χ3v) is 3.35. The van der Waals surface area contributed by atoms with E-state index in [1.165, 1.54) is 0 Å². The molecular weight excluding hydrogens is 234 g/mol. The Morgan fingerprint density at radius 1 is 1.29 bits per heavy atom. The van der Waals surface area contributed by atoms with Crippen LogP contribution in [0.1, 0.15) is 38.2 Å². The number of carbonyl (C=O) groups is 1. The summed E-state index contributed by atoms with van der Waals surface area (Å²) in [5, 5.41) is 3.78. The summed E-state index contributed by atoms with van der Waals surface area (Å²) < 4.78 is 0. The van der Waals surface area contributed by atoms with E-state index in [0.717, 1.165) is 18.4 Å². The Hall–Kier alpha value is -1.02.